The smallest absolute Gasteiger partial charge is 0.0465 e. The second kappa shape index (κ2) is 8.16. The van der Waals surface area contributed by atoms with Crippen LogP contribution in [0.1, 0.15) is 55.9 Å². The summed E-state index contributed by atoms with van der Waals surface area (Å²) in [4.78, 5) is 1.63. The molecule has 0 spiro atoms. The summed E-state index contributed by atoms with van der Waals surface area (Å²) < 4.78 is 5.28. The molecule has 3 unspecified atom stereocenters. The Labute approximate surface area is 127 Å². The van der Waals surface area contributed by atoms with Gasteiger partial charge in [0.1, 0.15) is 0 Å². The fraction of sp³-hybridized carbons (Fsp3) is 0.765. The van der Waals surface area contributed by atoms with Crippen molar-refractivity contribution >= 4 is 11.3 Å². The summed E-state index contributed by atoms with van der Waals surface area (Å²) >= 11 is 1.95. The maximum Gasteiger partial charge on any atom is 0.0465 e. The fourth-order valence-corrected chi connectivity index (χ4v) is 4.43. The van der Waals surface area contributed by atoms with Crippen LogP contribution >= 0.6 is 11.3 Å². The standard InChI is InChI=1S/C17H29NOS/c1-4-10-18-17(13(2)8-11-19-3)15-6-5-7-16-14(15)9-12-20-16/h9,12-13,15,17-18H,4-8,10-11H2,1-3H3. The van der Waals surface area contributed by atoms with E-state index >= 15 is 0 Å². The van der Waals surface area contributed by atoms with Crippen LogP contribution in [0.3, 0.4) is 0 Å². The molecular weight excluding hydrogens is 266 g/mol. The van der Waals surface area contributed by atoms with Crippen molar-refractivity contribution in [1.82, 2.24) is 5.32 Å². The van der Waals surface area contributed by atoms with Crippen LogP contribution in [0.5, 0.6) is 0 Å². The molecule has 0 fully saturated rings. The summed E-state index contributed by atoms with van der Waals surface area (Å²) in [7, 11) is 1.80. The van der Waals surface area contributed by atoms with Crippen molar-refractivity contribution in [3.8, 4) is 0 Å². The number of thiophene rings is 1. The van der Waals surface area contributed by atoms with Crippen LogP contribution in [0.4, 0.5) is 0 Å². The molecule has 1 aromatic rings. The Morgan fingerprint density at radius 3 is 3.10 bits per heavy atom. The summed E-state index contributed by atoms with van der Waals surface area (Å²) in [6.07, 6.45) is 6.32. The third-order valence-electron chi connectivity index (χ3n) is 4.55. The van der Waals surface area contributed by atoms with E-state index in [1.807, 2.05) is 11.3 Å². The van der Waals surface area contributed by atoms with Crippen LogP contribution in [-0.4, -0.2) is 26.3 Å². The molecule has 2 nitrogen and oxygen atoms in total. The van der Waals surface area contributed by atoms with Gasteiger partial charge in [-0.15, -0.1) is 11.3 Å². The van der Waals surface area contributed by atoms with Crippen molar-refractivity contribution in [1.29, 1.82) is 0 Å². The van der Waals surface area contributed by atoms with Gasteiger partial charge < -0.3 is 10.1 Å². The summed E-state index contributed by atoms with van der Waals surface area (Å²) in [5.41, 5.74) is 1.62. The number of nitrogens with one attached hydrogen (secondary N) is 1. The van der Waals surface area contributed by atoms with Gasteiger partial charge in [-0.05, 0) is 61.6 Å². The Bertz CT molecular complexity index is 390. The first-order valence-corrected chi connectivity index (χ1v) is 8.94. The highest BCUT2D eigenvalue weighted by atomic mass is 32.1. The van der Waals surface area contributed by atoms with Crippen LogP contribution in [0.15, 0.2) is 11.4 Å². The third kappa shape index (κ3) is 3.84. The van der Waals surface area contributed by atoms with E-state index in [0.717, 1.165) is 19.6 Å². The lowest BCUT2D eigenvalue weighted by molar-refractivity contribution is 0.163. The van der Waals surface area contributed by atoms with E-state index in [9.17, 15) is 0 Å². The average molecular weight is 295 g/mol. The monoisotopic (exact) mass is 295 g/mol. The van der Waals surface area contributed by atoms with Crippen LogP contribution < -0.4 is 5.32 Å². The number of hydrogen-bond donors (Lipinski definition) is 1. The number of methoxy groups -OCH3 is 1. The Morgan fingerprint density at radius 2 is 2.35 bits per heavy atom. The van der Waals surface area contributed by atoms with Gasteiger partial charge in [-0.1, -0.05) is 13.8 Å². The molecule has 1 aliphatic carbocycles. The molecule has 3 heteroatoms. The predicted molar refractivity (Wildman–Crippen MR) is 87.7 cm³/mol. The van der Waals surface area contributed by atoms with Crippen molar-refractivity contribution in [2.24, 2.45) is 5.92 Å². The zero-order valence-electron chi connectivity index (χ0n) is 13.2. The van der Waals surface area contributed by atoms with Crippen molar-refractivity contribution in [3.05, 3.63) is 21.9 Å². The van der Waals surface area contributed by atoms with E-state index in [2.05, 4.69) is 30.6 Å². The van der Waals surface area contributed by atoms with Crippen LogP contribution in [0.2, 0.25) is 0 Å². The molecule has 1 heterocycles. The average Bonchev–Trinajstić information content (AvgIpc) is 2.94. The topological polar surface area (TPSA) is 21.3 Å². The Morgan fingerprint density at radius 1 is 1.50 bits per heavy atom. The fourth-order valence-electron chi connectivity index (χ4n) is 3.43. The van der Waals surface area contributed by atoms with Gasteiger partial charge in [0.05, 0.1) is 0 Å². The summed E-state index contributed by atoms with van der Waals surface area (Å²) in [6, 6.07) is 2.96. The summed E-state index contributed by atoms with van der Waals surface area (Å²) in [5.74, 6) is 1.36. The highest BCUT2D eigenvalue weighted by molar-refractivity contribution is 7.10. The maximum absolute atomic E-state index is 5.28. The molecule has 1 aromatic heterocycles. The molecule has 3 atom stereocenters. The van der Waals surface area contributed by atoms with Gasteiger partial charge in [-0.3, -0.25) is 0 Å². The number of fused-ring (bicyclic) bond motifs is 1. The van der Waals surface area contributed by atoms with Crippen molar-refractivity contribution in [3.63, 3.8) is 0 Å². The minimum absolute atomic E-state index is 0.596. The normalized spacial score (nSPS) is 21.4. The highest BCUT2D eigenvalue weighted by Gasteiger charge is 2.31. The van der Waals surface area contributed by atoms with Gasteiger partial charge in [0.25, 0.3) is 0 Å². The van der Waals surface area contributed by atoms with E-state index < -0.39 is 0 Å². The Balaban J connectivity index is 2.10. The van der Waals surface area contributed by atoms with Gasteiger partial charge in [0.15, 0.2) is 0 Å². The van der Waals surface area contributed by atoms with Crippen molar-refractivity contribution in [2.45, 2.75) is 57.9 Å². The van der Waals surface area contributed by atoms with E-state index in [1.54, 1.807) is 17.6 Å². The van der Waals surface area contributed by atoms with Crippen molar-refractivity contribution < 1.29 is 4.74 Å². The predicted octanol–water partition coefficient (Wildman–Crippen LogP) is 4.21. The molecule has 0 radical (unpaired) electrons. The zero-order chi connectivity index (χ0) is 14.4. The van der Waals surface area contributed by atoms with Crippen LogP contribution in [0, 0.1) is 5.92 Å². The first kappa shape index (κ1) is 16.0. The summed E-state index contributed by atoms with van der Waals surface area (Å²) in [5, 5.41) is 6.11. The molecule has 0 saturated heterocycles. The summed E-state index contributed by atoms with van der Waals surface area (Å²) in [6.45, 7) is 6.63. The van der Waals surface area contributed by atoms with Crippen LogP contribution in [0.25, 0.3) is 0 Å². The first-order valence-electron chi connectivity index (χ1n) is 8.06. The number of rotatable bonds is 8. The van der Waals surface area contributed by atoms with E-state index in [0.29, 0.717) is 17.9 Å². The molecule has 0 saturated carbocycles. The molecule has 0 amide bonds. The highest BCUT2D eigenvalue weighted by Crippen LogP contribution is 2.39. The van der Waals surface area contributed by atoms with Gasteiger partial charge in [0.2, 0.25) is 0 Å². The van der Waals surface area contributed by atoms with E-state index in [4.69, 9.17) is 4.74 Å². The maximum atomic E-state index is 5.28. The Kier molecular flexibility index (Phi) is 6.53. The largest absolute Gasteiger partial charge is 0.385 e. The number of aryl methyl sites for hydroxylation is 1. The minimum atomic E-state index is 0.596. The van der Waals surface area contributed by atoms with Gasteiger partial charge >= 0.3 is 0 Å². The molecule has 0 aliphatic heterocycles. The lowest BCUT2D eigenvalue weighted by atomic mass is 9.77. The quantitative estimate of drug-likeness (QED) is 0.776. The third-order valence-corrected chi connectivity index (χ3v) is 5.55. The molecule has 1 aliphatic rings. The molecule has 20 heavy (non-hydrogen) atoms. The molecule has 1 N–H and O–H groups in total. The van der Waals surface area contributed by atoms with E-state index in [1.165, 1.54) is 25.7 Å². The first-order chi connectivity index (χ1) is 9.77. The molecular formula is C17H29NOS. The Hall–Kier alpha value is -0.380. The molecule has 114 valence electrons. The minimum Gasteiger partial charge on any atom is -0.385 e. The molecule has 0 aromatic carbocycles. The van der Waals surface area contributed by atoms with Gasteiger partial charge in [-0.25, -0.2) is 0 Å². The van der Waals surface area contributed by atoms with Crippen LogP contribution in [-0.2, 0) is 11.2 Å². The second-order valence-electron chi connectivity index (χ2n) is 6.04. The second-order valence-corrected chi connectivity index (χ2v) is 7.04. The lowest BCUT2D eigenvalue weighted by Gasteiger charge is -2.35. The number of hydrogen-bond acceptors (Lipinski definition) is 3. The van der Waals surface area contributed by atoms with Gasteiger partial charge in [0, 0.05) is 30.6 Å². The zero-order valence-corrected chi connectivity index (χ0v) is 14.0. The van der Waals surface area contributed by atoms with E-state index in [-0.39, 0.29) is 0 Å². The van der Waals surface area contributed by atoms with Gasteiger partial charge in [-0.2, -0.15) is 0 Å². The molecule has 0 bridgehead atoms. The lowest BCUT2D eigenvalue weighted by Crippen LogP contribution is -2.42. The number of ether oxygens (including phenoxy) is 1. The van der Waals surface area contributed by atoms with Crippen molar-refractivity contribution in [2.75, 3.05) is 20.3 Å². The SMILES string of the molecule is CCCNC(C(C)CCOC)C1CCCc2sccc21. The molecule has 2 rings (SSSR count).